The maximum atomic E-state index is 11.9. The fraction of sp³-hybridized carbons (Fsp3) is 0.857. The molecule has 0 aliphatic heterocycles. The highest BCUT2D eigenvalue weighted by atomic mass is 16.4. The van der Waals surface area contributed by atoms with Crippen LogP contribution in [0, 0.1) is 5.92 Å². The van der Waals surface area contributed by atoms with Gasteiger partial charge in [0.05, 0.1) is 12.5 Å². The van der Waals surface area contributed by atoms with Gasteiger partial charge in [-0.2, -0.15) is 0 Å². The average Bonchev–Trinajstić information content (AvgIpc) is 2.51. The molecule has 1 saturated carbocycles. The lowest BCUT2D eigenvalue weighted by atomic mass is 9.95. The number of carbonyl (C=O) groups is 2. The fourth-order valence-corrected chi connectivity index (χ4v) is 2.38. The summed E-state index contributed by atoms with van der Waals surface area (Å²) in [5.74, 6) is -1.36. The molecule has 0 aromatic carbocycles. The Morgan fingerprint density at radius 3 is 2.37 bits per heavy atom. The molecule has 1 rings (SSSR count). The lowest BCUT2D eigenvalue weighted by Gasteiger charge is -2.25. The number of carboxylic acids is 1. The second kappa shape index (κ2) is 6.89. The maximum absolute atomic E-state index is 11.9. The molecule has 1 fully saturated rings. The number of amides is 1. The van der Waals surface area contributed by atoms with Crippen LogP contribution < -0.4 is 10.6 Å². The van der Waals surface area contributed by atoms with Crippen molar-refractivity contribution < 1.29 is 14.7 Å². The first-order valence-electron chi connectivity index (χ1n) is 7.07. The maximum Gasteiger partial charge on any atom is 0.308 e. The van der Waals surface area contributed by atoms with Crippen molar-refractivity contribution in [3.63, 3.8) is 0 Å². The number of hydrogen-bond acceptors (Lipinski definition) is 3. The van der Waals surface area contributed by atoms with Crippen molar-refractivity contribution in [2.45, 2.75) is 64.5 Å². The van der Waals surface area contributed by atoms with Crippen molar-refractivity contribution in [1.82, 2.24) is 10.6 Å². The Kier molecular flexibility index (Phi) is 5.79. The minimum Gasteiger partial charge on any atom is -0.481 e. The summed E-state index contributed by atoms with van der Waals surface area (Å²) in [4.78, 5) is 23.1. The molecule has 0 bridgehead atoms. The number of rotatable bonds is 4. The van der Waals surface area contributed by atoms with Crippen molar-refractivity contribution in [1.29, 1.82) is 0 Å². The van der Waals surface area contributed by atoms with Gasteiger partial charge in [-0.15, -0.1) is 0 Å². The van der Waals surface area contributed by atoms with Crippen LogP contribution in [-0.2, 0) is 9.59 Å². The molecule has 2 atom stereocenters. The van der Waals surface area contributed by atoms with Gasteiger partial charge in [0, 0.05) is 11.6 Å². The van der Waals surface area contributed by atoms with Gasteiger partial charge in [-0.25, -0.2) is 0 Å². The minimum absolute atomic E-state index is 0.118. The third kappa shape index (κ3) is 6.05. The molecule has 0 heterocycles. The Bertz CT molecular complexity index is 323. The zero-order chi connectivity index (χ0) is 14.5. The molecule has 0 saturated heterocycles. The van der Waals surface area contributed by atoms with Gasteiger partial charge in [-0.3, -0.25) is 9.59 Å². The molecule has 1 aliphatic carbocycles. The largest absolute Gasteiger partial charge is 0.481 e. The Morgan fingerprint density at radius 1 is 1.16 bits per heavy atom. The molecule has 5 nitrogen and oxygen atoms in total. The number of carbonyl (C=O) groups excluding carboxylic acids is 1. The molecular formula is C14H26N2O3. The number of aliphatic carboxylic acids is 1. The lowest BCUT2D eigenvalue weighted by molar-refractivity contribution is -0.143. The molecule has 3 N–H and O–H groups in total. The van der Waals surface area contributed by atoms with E-state index < -0.39 is 11.9 Å². The summed E-state index contributed by atoms with van der Waals surface area (Å²) in [6, 6.07) is -0.228. The van der Waals surface area contributed by atoms with Crippen molar-refractivity contribution >= 4 is 11.9 Å². The Balaban J connectivity index is 2.51. The van der Waals surface area contributed by atoms with E-state index in [1.165, 1.54) is 0 Å². The number of hydrogen-bond donors (Lipinski definition) is 3. The zero-order valence-electron chi connectivity index (χ0n) is 12.2. The van der Waals surface area contributed by atoms with Crippen molar-refractivity contribution in [2.24, 2.45) is 5.92 Å². The van der Waals surface area contributed by atoms with E-state index in [9.17, 15) is 14.7 Å². The second-order valence-corrected chi connectivity index (χ2v) is 6.36. The third-order valence-corrected chi connectivity index (χ3v) is 3.46. The molecule has 0 spiro atoms. The van der Waals surface area contributed by atoms with Crippen LogP contribution in [-0.4, -0.2) is 35.1 Å². The summed E-state index contributed by atoms with van der Waals surface area (Å²) < 4.78 is 0. The van der Waals surface area contributed by atoms with E-state index in [4.69, 9.17) is 0 Å². The van der Waals surface area contributed by atoms with Gasteiger partial charge in [-0.05, 0) is 33.6 Å². The van der Waals surface area contributed by atoms with Crippen molar-refractivity contribution in [3.8, 4) is 0 Å². The van der Waals surface area contributed by atoms with Gasteiger partial charge in [0.1, 0.15) is 0 Å². The average molecular weight is 270 g/mol. The van der Waals surface area contributed by atoms with Gasteiger partial charge < -0.3 is 15.7 Å². The van der Waals surface area contributed by atoms with E-state index in [-0.39, 0.29) is 24.0 Å². The van der Waals surface area contributed by atoms with E-state index in [0.717, 1.165) is 25.7 Å². The summed E-state index contributed by atoms with van der Waals surface area (Å²) in [5.41, 5.74) is -0.118. The van der Waals surface area contributed by atoms with Crippen LogP contribution in [0.3, 0.4) is 0 Å². The normalized spacial score (nSPS) is 24.6. The quantitative estimate of drug-likeness (QED) is 0.677. The van der Waals surface area contributed by atoms with E-state index in [1.807, 2.05) is 20.8 Å². The van der Waals surface area contributed by atoms with Crippen LogP contribution in [0.1, 0.15) is 52.9 Å². The molecule has 0 aromatic rings. The van der Waals surface area contributed by atoms with E-state index in [2.05, 4.69) is 10.6 Å². The molecule has 110 valence electrons. The topological polar surface area (TPSA) is 78.4 Å². The molecule has 2 unspecified atom stereocenters. The van der Waals surface area contributed by atoms with Crippen LogP contribution in [0.15, 0.2) is 0 Å². The van der Waals surface area contributed by atoms with Crippen LogP contribution in [0.2, 0.25) is 0 Å². The molecular weight excluding hydrogens is 244 g/mol. The molecule has 0 radical (unpaired) electrons. The van der Waals surface area contributed by atoms with Crippen LogP contribution in [0.25, 0.3) is 0 Å². The van der Waals surface area contributed by atoms with Gasteiger partial charge >= 0.3 is 5.97 Å². The van der Waals surface area contributed by atoms with E-state index in [1.54, 1.807) is 0 Å². The third-order valence-electron chi connectivity index (χ3n) is 3.46. The summed E-state index contributed by atoms with van der Waals surface area (Å²) >= 11 is 0. The second-order valence-electron chi connectivity index (χ2n) is 6.36. The summed E-state index contributed by atoms with van der Waals surface area (Å²) in [7, 11) is 0. The van der Waals surface area contributed by atoms with Crippen molar-refractivity contribution in [2.75, 3.05) is 6.54 Å². The molecule has 5 heteroatoms. The first-order valence-corrected chi connectivity index (χ1v) is 7.07. The highest BCUT2D eigenvalue weighted by molar-refractivity contribution is 5.79. The van der Waals surface area contributed by atoms with Gasteiger partial charge in [0.25, 0.3) is 0 Å². The predicted molar refractivity (Wildman–Crippen MR) is 73.9 cm³/mol. The van der Waals surface area contributed by atoms with Crippen LogP contribution >= 0.6 is 0 Å². The lowest BCUT2D eigenvalue weighted by Crippen LogP contribution is -2.48. The van der Waals surface area contributed by atoms with Crippen molar-refractivity contribution in [3.05, 3.63) is 0 Å². The molecule has 19 heavy (non-hydrogen) atoms. The van der Waals surface area contributed by atoms with Gasteiger partial charge in [0.2, 0.25) is 5.91 Å². The molecule has 1 aliphatic rings. The van der Waals surface area contributed by atoms with E-state index in [0.29, 0.717) is 6.42 Å². The summed E-state index contributed by atoms with van der Waals surface area (Å²) in [6.07, 6.45) is 4.40. The number of nitrogens with one attached hydrogen (secondary N) is 2. The summed E-state index contributed by atoms with van der Waals surface area (Å²) in [5, 5.41) is 15.2. The van der Waals surface area contributed by atoms with Gasteiger partial charge in [0.15, 0.2) is 0 Å². The minimum atomic E-state index is -0.795. The highest BCUT2D eigenvalue weighted by Gasteiger charge is 2.30. The molecule has 0 aromatic heterocycles. The zero-order valence-corrected chi connectivity index (χ0v) is 12.2. The molecule has 1 amide bonds. The first-order chi connectivity index (χ1) is 8.79. The SMILES string of the molecule is CC(C)(C)NCC(=O)NC1CCCCCC1C(=O)O. The Labute approximate surface area is 115 Å². The highest BCUT2D eigenvalue weighted by Crippen LogP contribution is 2.23. The van der Waals surface area contributed by atoms with E-state index >= 15 is 0 Å². The Hall–Kier alpha value is -1.10. The summed E-state index contributed by atoms with van der Waals surface area (Å²) in [6.45, 7) is 6.20. The predicted octanol–water partition coefficient (Wildman–Crippen LogP) is 1.52. The smallest absolute Gasteiger partial charge is 0.308 e. The Morgan fingerprint density at radius 2 is 1.79 bits per heavy atom. The van der Waals surface area contributed by atoms with Gasteiger partial charge in [-0.1, -0.05) is 19.3 Å². The van der Waals surface area contributed by atoms with Crippen LogP contribution in [0.4, 0.5) is 0 Å². The van der Waals surface area contributed by atoms with Crippen LogP contribution in [0.5, 0.6) is 0 Å². The number of carboxylic acid groups (broad SMARTS) is 1. The standard InChI is InChI=1S/C14H26N2O3/c1-14(2,3)15-9-12(17)16-11-8-6-4-5-7-10(11)13(18)19/h10-11,15H,4-9H2,1-3H3,(H,16,17)(H,18,19). The fourth-order valence-electron chi connectivity index (χ4n) is 2.38. The first kappa shape index (κ1) is 16.0. The monoisotopic (exact) mass is 270 g/mol.